The molecule has 0 unspecified atom stereocenters. The normalized spacial score (nSPS) is 14.0. The molecular formula is C14H16N4O2. The fourth-order valence-corrected chi connectivity index (χ4v) is 2.43. The maximum atomic E-state index is 12.5. The SMILES string of the molecule is COc1ccc(C(=O)c2nnn3c2N(C)CCC3)cc1. The van der Waals surface area contributed by atoms with E-state index in [0.29, 0.717) is 11.3 Å². The third kappa shape index (κ3) is 2.03. The lowest BCUT2D eigenvalue weighted by Crippen LogP contribution is -2.29. The van der Waals surface area contributed by atoms with Gasteiger partial charge in [0.2, 0.25) is 5.78 Å². The van der Waals surface area contributed by atoms with Crippen LogP contribution in [0.5, 0.6) is 5.75 Å². The van der Waals surface area contributed by atoms with Crippen LogP contribution < -0.4 is 9.64 Å². The third-order valence-corrected chi connectivity index (χ3v) is 3.50. The monoisotopic (exact) mass is 272 g/mol. The Balaban J connectivity index is 1.96. The maximum absolute atomic E-state index is 12.5. The number of hydrogen-bond donors (Lipinski definition) is 0. The first-order valence-electron chi connectivity index (χ1n) is 6.54. The van der Waals surface area contributed by atoms with E-state index in [0.717, 1.165) is 31.1 Å². The Labute approximate surface area is 117 Å². The van der Waals surface area contributed by atoms with Crippen LogP contribution >= 0.6 is 0 Å². The maximum Gasteiger partial charge on any atom is 0.217 e. The zero-order valence-electron chi connectivity index (χ0n) is 11.5. The molecule has 1 aromatic heterocycles. The summed E-state index contributed by atoms with van der Waals surface area (Å²) in [6, 6.07) is 7.03. The molecular weight excluding hydrogens is 256 g/mol. The molecule has 0 atom stereocenters. The van der Waals surface area contributed by atoms with Gasteiger partial charge >= 0.3 is 0 Å². The van der Waals surface area contributed by atoms with Crippen LogP contribution in [-0.4, -0.2) is 41.5 Å². The van der Waals surface area contributed by atoms with E-state index in [4.69, 9.17) is 4.74 Å². The molecule has 0 saturated heterocycles. The van der Waals surface area contributed by atoms with Gasteiger partial charge in [0, 0.05) is 25.7 Å². The molecule has 20 heavy (non-hydrogen) atoms. The van der Waals surface area contributed by atoms with Crippen LogP contribution in [0.2, 0.25) is 0 Å². The summed E-state index contributed by atoms with van der Waals surface area (Å²) in [5.74, 6) is 1.42. The second kappa shape index (κ2) is 4.96. The van der Waals surface area contributed by atoms with Gasteiger partial charge in [-0.1, -0.05) is 5.21 Å². The third-order valence-electron chi connectivity index (χ3n) is 3.50. The van der Waals surface area contributed by atoms with Gasteiger partial charge in [0.05, 0.1) is 7.11 Å². The van der Waals surface area contributed by atoms with Crippen molar-refractivity contribution in [3.8, 4) is 5.75 Å². The summed E-state index contributed by atoms with van der Waals surface area (Å²) in [7, 11) is 3.56. The lowest BCUT2D eigenvalue weighted by Gasteiger charge is -2.25. The standard InChI is InChI=1S/C14H16N4O2/c1-17-8-3-9-18-14(17)12(15-16-18)13(19)10-4-6-11(20-2)7-5-10/h4-7H,3,8-9H2,1-2H3. The summed E-state index contributed by atoms with van der Waals surface area (Å²) in [6.45, 7) is 1.72. The number of nitrogens with zero attached hydrogens (tertiary/aromatic N) is 4. The van der Waals surface area contributed by atoms with E-state index in [9.17, 15) is 4.79 Å². The first kappa shape index (κ1) is 12.7. The predicted octanol–water partition coefficient (Wildman–Crippen LogP) is 1.36. The Hall–Kier alpha value is -2.37. The molecule has 1 aliphatic heterocycles. The Morgan fingerprint density at radius 3 is 2.70 bits per heavy atom. The Kier molecular flexibility index (Phi) is 3.14. The van der Waals surface area contributed by atoms with Crippen molar-refractivity contribution in [3.63, 3.8) is 0 Å². The van der Waals surface area contributed by atoms with Crippen LogP contribution in [-0.2, 0) is 6.54 Å². The van der Waals surface area contributed by atoms with Gasteiger partial charge in [-0.05, 0) is 30.7 Å². The number of aryl methyl sites for hydroxylation is 1. The number of carbonyl (C=O) groups is 1. The highest BCUT2D eigenvalue weighted by atomic mass is 16.5. The van der Waals surface area contributed by atoms with Crippen LogP contribution in [0, 0.1) is 0 Å². The van der Waals surface area contributed by atoms with Crippen molar-refractivity contribution >= 4 is 11.6 Å². The van der Waals surface area contributed by atoms with Crippen molar-refractivity contribution in [1.82, 2.24) is 15.0 Å². The van der Waals surface area contributed by atoms with Gasteiger partial charge < -0.3 is 9.64 Å². The van der Waals surface area contributed by atoms with Crippen molar-refractivity contribution in [1.29, 1.82) is 0 Å². The quantitative estimate of drug-likeness (QED) is 0.789. The predicted molar refractivity (Wildman–Crippen MR) is 74.3 cm³/mol. The number of ether oxygens (including phenoxy) is 1. The number of fused-ring (bicyclic) bond motifs is 1. The van der Waals surface area contributed by atoms with Gasteiger partial charge in [0.25, 0.3) is 0 Å². The number of carbonyl (C=O) groups excluding carboxylic acids is 1. The molecule has 0 N–H and O–H groups in total. The molecule has 0 amide bonds. The summed E-state index contributed by atoms with van der Waals surface area (Å²) in [5.41, 5.74) is 1.01. The number of aromatic nitrogens is 3. The molecule has 0 saturated carbocycles. The van der Waals surface area contributed by atoms with Crippen LogP contribution in [0.1, 0.15) is 22.5 Å². The number of ketones is 1. The molecule has 2 heterocycles. The van der Waals surface area contributed by atoms with Crippen molar-refractivity contribution in [2.24, 2.45) is 0 Å². The highest BCUT2D eigenvalue weighted by Gasteiger charge is 2.25. The summed E-state index contributed by atoms with van der Waals surface area (Å²) < 4.78 is 6.89. The number of rotatable bonds is 3. The fourth-order valence-electron chi connectivity index (χ4n) is 2.43. The van der Waals surface area contributed by atoms with Gasteiger partial charge in [0.15, 0.2) is 11.5 Å². The lowest BCUT2D eigenvalue weighted by molar-refractivity contribution is 0.103. The minimum Gasteiger partial charge on any atom is -0.497 e. The van der Waals surface area contributed by atoms with E-state index in [-0.39, 0.29) is 5.78 Å². The van der Waals surface area contributed by atoms with Crippen molar-refractivity contribution < 1.29 is 9.53 Å². The van der Waals surface area contributed by atoms with E-state index in [2.05, 4.69) is 10.3 Å². The molecule has 0 aliphatic carbocycles. The average Bonchev–Trinajstić information content (AvgIpc) is 2.92. The zero-order valence-corrected chi connectivity index (χ0v) is 11.5. The van der Waals surface area contributed by atoms with E-state index < -0.39 is 0 Å². The van der Waals surface area contributed by atoms with Crippen molar-refractivity contribution in [2.45, 2.75) is 13.0 Å². The van der Waals surface area contributed by atoms with E-state index in [1.54, 1.807) is 36.1 Å². The fraction of sp³-hybridized carbons (Fsp3) is 0.357. The molecule has 3 rings (SSSR count). The van der Waals surface area contributed by atoms with Crippen LogP contribution in [0.3, 0.4) is 0 Å². The summed E-state index contributed by atoms with van der Waals surface area (Å²) in [5, 5.41) is 8.12. The van der Waals surface area contributed by atoms with Gasteiger partial charge in [-0.25, -0.2) is 4.68 Å². The first-order chi connectivity index (χ1) is 9.70. The van der Waals surface area contributed by atoms with Crippen molar-refractivity contribution in [2.75, 3.05) is 25.6 Å². The Bertz CT molecular complexity index is 633. The van der Waals surface area contributed by atoms with Crippen LogP contribution in [0.25, 0.3) is 0 Å². The second-order valence-corrected chi connectivity index (χ2v) is 4.82. The summed E-state index contributed by atoms with van der Waals surface area (Å²) in [4.78, 5) is 14.6. The number of benzene rings is 1. The molecule has 2 aromatic rings. The zero-order chi connectivity index (χ0) is 14.1. The van der Waals surface area contributed by atoms with Crippen LogP contribution in [0.15, 0.2) is 24.3 Å². The summed E-state index contributed by atoms with van der Waals surface area (Å²) >= 11 is 0. The lowest BCUT2D eigenvalue weighted by atomic mass is 10.1. The minimum atomic E-state index is -0.109. The Morgan fingerprint density at radius 2 is 2.00 bits per heavy atom. The minimum absolute atomic E-state index is 0.109. The van der Waals surface area contributed by atoms with Gasteiger partial charge in [-0.15, -0.1) is 5.10 Å². The topological polar surface area (TPSA) is 60.2 Å². The highest BCUT2D eigenvalue weighted by Crippen LogP contribution is 2.24. The number of methoxy groups -OCH3 is 1. The molecule has 104 valence electrons. The second-order valence-electron chi connectivity index (χ2n) is 4.82. The van der Waals surface area contributed by atoms with E-state index in [1.165, 1.54) is 0 Å². The highest BCUT2D eigenvalue weighted by molar-refractivity contribution is 6.10. The number of anilines is 1. The molecule has 6 heteroatoms. The molecule has 0 spiro atoms. The van der Waals surface area contributed by atoms with Crippen molar-refractivity contribution in [3.05, 3.63) is 35.5 Å². The molecule has 0 fully saturated rings. The largest absolute Gasteiger partial charge is 0.497 e. The van der Waals surface area contributed by atoms with E-state index >= 15 is 0 Å². The van der Waals surface area contributed by atoms with Gasteiger partial charge in [-0.3, -0.25) is 4.79 Å². The number of hydrogen-bond acceptors (Lipinski definition) is 5. The summed E-state index contributed by atoms with van der Waals surface area (Å²) in [6.07, 6.45) is 1.02. The molecule has 1 aromatic carbocycles. The van der Waals surface area contributed by atoms with Gasteiger partial charge in [-0.2, -0.15) is 0 Å². The smallest absolute Gasteiger partial charge is 0.217 e. The molecule has 0 radical (unpaired) electrons. The molecule has 1 aliphatic rings. The first-order valence-corrected chi connectivity index (χ1v) is 6.54. The van der Waals surface area contributed by atoms with Crippen LogP contribution in [0.4, 0.5) is 5.82 Å². The molecule has 6 nitrogen and oxygen atoms in total. The molecule has 0 bridgehead atoms. The average molecular weight is 272 g/mol. The Morgan fingerprint density at radius 1 is 1.25 bits per heavy atom. The van der Waals surface area contributed by atoms with E-state index in [1.807, 2.05) is 11.9 Å². The van der Waals surface area contributed by atoms with Gasteiger partial charge in [0.1, 0.15) is 5.75 Å².